The van der Waals surface area contributed by atoms with Gasteiger partial charge in [-0.15, -0.1) is 0 Å². The lowest BCUT2D eigenvalue weighted by Gasteiger charge is -2.14. The van der Waals surface area contributed by atoms with Crippen LogP contribution in [0.1, 0.15) is 19.8 Å². The van der Waals surface area contributed by atoms with Crippen LogP contribution in [0.4, 0.5) is 0 Å². The Labute approximate surface area is 73.3 Å². The summed E-state index contributed by atoms with van der Waals surface area (Å²) in [5.74, 6) is 0. The van der Waals surface area contributed by atoms with E-state index in [1.165, 1.54) is 12.8 Å². The van der Waals surface area contributed by atoms with Gasteiger partial charge in [0.25, 0.3) is 0 Å². The predicted octanol–water partition coefficient (Wildman–Crippen LogP) is 0.781. The minimum atomic E-state index is 0.862. The minimum absolute atomic E-state index is 0.862. The van der Waals surface area contributed by atoms with Crippen molar-refractivity contribution < 1.29 is 0 Å². The van der Waals surface area contributed by atoms with E-state index in [9.17, 15) is 0 Å². The first kappa shape index (κ1) is 8.74. The van der Waals surface area contributed by atoms with Gasteiger partial charge in [0, 0.05) is 13.6 Å². The maximum absolute atomic E-state index is 5.10. The highest BCUT2D eigenvalue weighted by Gasteiger charge is 2.18. The first-order valence-corrected chi connectivity index (χ1v) is 4.41. The van der Waals surface area contributed by atoms with Crippen molar-refractivity contribution in [2.75, 3.05) is 20.3 Å². The van der Waals surface area contributed by atoms with E-state index in [-0.39, 0.29) is 0 Å². The van der Waals surface area contributed by atoms with E-state index in [4.69, 9.17) is 12.2 Å². The molecule has 4 heteroatoms. The predicted molar refractivity (Wildman–Crippen MR) is 50.0 cm³/mol. The molecule has 0 unspecified atom stereocenters. The molecule has 0 aliphatic carbocycles. The largest absolute Gasteiger partial charge is 0.334 e. The van der Waals surface area contributed by atoms with Gasteiger partial charge in [0.1, 0.15) is 0 Å². The van der Waals surface area contributed by atoms with Gasteiger partial charge in [0.15, 0.2) is 5.11 Å². The van der Waals surface area contributed by atoms with Gasteiger partial charge < -0.3 is 4.90 Å². The van der Waals surface area contributed by atoms with E-state index in [0.717, 1.165) is 18.3 Å². The standard InChI is InChI=1S/C7H15N3S/c1-3-4-5-10-6-9(2)8-7(10)11/h3-6H2,1-2H3,(H,8,11). The molecule has 0 aromatic heterocycles. The van der Waals surface area contributed by atoms with Crippen LogP contribution in [0.2, 0.25) is 0 Å². The molecule has 3 nitrogen and oxygen atoms in total. The summed E-state index contributed by atoms with van der Waals surface area (Å²) in [7, 11) is 2.00. The van der Waals surface area contributed by atoms with Crippen molar-refractivity contribution in [2.24, 2.45) is 0 Å². The molecule has 0 saturated carbocycles. The van der Waals surface area contributed by atoms with Crippen molar-refractivity contribution in [3.8, 4) is 0 Å². The minimum Gasteiger partial charge on any atom is -0.334 e. The van der Waals surface area contributed by atoms with Crippen molar-refractivity contribution >= 4 is 17.3 Å². The maximum atomic E-state index is 5.10. The maximum Gasteiger partial charge on any atom is 0.184 e. The van der Waals surface area contributed by atoms with Gasteiger partial charge in [-0.1, -0.05) is 13.3 Å². The number of thiocarbonyl (C=S) groups is 1. The second kappa shape index (κ2) is 3.88. The number of hydrazine groups is 1. The fraction of sp³-hybridized carbons (Fsp3) is 0.857. The van der Waals surface area contributed by atoms with Crippen LogP contribution in [0.25, 0.3) is 0 Å². The fourth-order valence-corrected chi connectivity index (χ4v) is 1.42. The molecule has 1 aliphatic rings. The van der Waals surface area contributed by atoms with Gasteiger partial charge >= 0.3 is 0 Å². The van der Waals surface area contributed by atoms with E-state index >= 15 is 0 Å². The second-order valence-corrected chi connectivity index (χ2v) is 3.26. The Morgan fingerprint density at radius 3 is 2.82 bits per heavy atom. The zero-order chi connectivity index (χ0) is 8.27. The van der Waals surface area contributed by atoms with Crippen LogP contribution in [-0.4, -0.2) is 35.3 Å². The molecule has 1 fully saturated rings. The zero-order valence-electron chi connectivity index (χ0n) is 7.13. The monoisotopic (exact) mass is 173 g/mol. The van der Waals surface area contributed by atoms with Crippen LogP contribution < -0.4 is 5.43 Å². The van der Waals surface area contributed by atoms with E-state index in [0.29, 0.717) is 0 Å². The van der Waals surface area contributed by atoms with Gasteiger partial charge in [0.05, 0.1) is 6.67 Å². The molecule has 1 rings (SSSR count). The molecule has 0 bridgehead atoms. The van der Waals surface area contributed by atoms with E-state index in [2.05, 4.69) is 17.2 Å². The normalized spacial score (nSPS) is 19.1. The number of hydrogen-bond donors (Lipinski definition) is 1. The first-order chi connectivity index (χ1) is 5.24. The van der Waals surface area contributed by atoms with E-state index < -0.39 is 0 Å². The van der Waals surface area contributed by atoms with Crippen LogP contribution in [0, 0.1) is 0 Å². The lowest BCUT2D eigenvalue weighted by Crippen LogP contribution is -2.29. The number of rotatable bonds is 3. The molecule has 11 heavy (non-hydrogen) atoms. The van der Waals surface area contributed by atoms with Gasteiger partial charge in [-0.25, -0.2) is 5.01 Å². The van der Waals surface area contributed by atoms with Crippen LogP contribution in [0.3, 0.4) is 0 Å². The molecular weight excluding hydrogens is 158 g/mol. The van der Waals surface area contributed by atoms with Crippen LogP contribution >= 0.6 is 12.2 Å². The second-order valence-electron chi connectivity index (χ2n) is 2.87. The molecule has 64 valence electrons. The summed E-state index contributed by atoms with van der Waals surface area (Å²) in [6.07, 6.45) is 2.44. The van der Waals surface area contributed by atoms with Crippen molar-refractivity contribution in [2.45, 2.75) is 19.8 Å². The lowest BCUT2D eigenvalue weighted by molar-refractivity contribution is 0.262. The van der Waals surface area contributed by atoms with E-state index in [1.54, 1.807) is 0 Å². The van der Waals surface area contributed by atoms with Crippen LogP contribution in [0.15, 0.2) is 0 Å². The third-order valence-corrected chi connectivity index (χ3v) is 2.09. The SMILES string of the molecule is CCCCN1CN(C)NC1=S. The molecule has 1 saturated heterocycles. The smallest absolute Gasteiger partial charge is 0.184 e. The third-order valence-electron chi connectivity index (χ3n) is 1.74. The Morgan fingerprint density at radius 2 is 2.36 bits per heavy atom. The molecule has 0 atom stereocenters. The van der Waals surface area contributed by atoms with Gasteiger partial charge in [-0.05, 0) is 18.6 Å². The van der Waals surface area contributed by atoms with Gasteiger partial charge in [-0.3, -0.25) is 5.43 Å². The van der Waals surface area contributed by atoms with Crippen molar-refractivity contribution in [1.82, 2.24) is 15.3 Å². The molecule has 1 aliphatic heterocycles. The van der Waals surface area contributed by atoms with Crippen molar-refractivity contribution in [3.63, 3.8) is 0 Å². The number of nitrogens with zero attached hydrogens (tertiary/aromatic N) is 2. The highest BCUT2D eigenvalue weighted by atomic mass is 32.1. The average molecular weight is 173 g/mol. The topological polar surface area (TPSA) is 18.5 Å². The average Bonchev–Trinajstić information content (AvgIpc) is 2.26. The molecule has 0 spiro atoms. The fourth-order valence-electron chi connectivity index (χ4n) is 1.11. The molecule has 1 heterocycles. The van der Waals surface area contributed by atoms with Gasteiger partial charge in [0.2, 0.25) is 0 Å². The van der Waals surface area contributed by atoms with Gasteiger partial charge in [-0.2, -0.15) is 0 Å². The molecule has 0 amide bonds. The Morgan fingerprint density at radius 1 is 1.64 bits per heavy atom. The third kappa shape index (κ3) is 2.31. The lowest BCUT2D eigenvalue weighted by atomic mass is 10.3. The summed E-state index contributed by atoms with van der Waals surface area (Å²) in [5, 5.41) is 2.86. The van der Waals surface area contributed by atoms with Crippen molar-refractivity contribution in [1.29, 1.82) is 0 Å². The Kier molecular flexibility index (Phi) is 3.08. The Hall–Kier alpha value is -0.350. The summed E-state index contributed by atoms with van der Waals surface area (Å²) < 4.78 is 0. The summed E-state index contributed by atoms with van der Waals surface area (Å²) in [5.41, 5.74) is 3.07. The van der Waals surface area contributed by atoms with E-state index in [1.807, 2.05) is 12.1 Å². The number of unbranched alkanes of at least 4 members (excludes halogenated alkanes) is 1. The molecule has 1 N–H and O–H groups in total. The first-order valence-electron chi connectivity index (χ1n) is 4.00. The molecule has 0 radical (unpaired) electrons. The van der Waals surface area contributed by atoms with Crippen molar-refractivity contribution in [3.05, 3.63) is 0 Å². The Bertz CT molecular complexity index is 149. The summed E-state index contributed by atoms with van der Waals surface area (Å²) >= 11 is 5.10. The zero-order valence-corrected chi connectivity index (χ0v) is 7.95. The highest BCUT2D eigenvalue weighted by Crippen LogP contribution is 2.02. The van der Waals surface area contributed by atoms with Crippen LogP contribution in [0.5, 0.6) is 0 Å². The molecule has 0 aromatic rings. The van der Waals surface area contributed by atoms with Crippen LogP contribution in [-0.2, 0) is 0 Å². The quantitative estimate of drug-likeness (QED) is 0.635. The highest BCUT2D eigenvalue weighted by molar-refractivity contribution is 7.80. The molecule has 0 aromatic carbocycles. The number of hydrogen-bond acceptors (Lipinski definition) is 2. The number of nitrogens with one attached hydrogen (secondary N) is 1. The molecular formula is C7H15N3S. The Balaban J connectivity index is 2.29. The summed E-state index contributed by atoms with van der Waals surface area (Å²) in [6.45, 7) is 4.18. The summed E-state index contributed by atoms with van der Waals surface area (Å²) in [6, 6.07) is 0. The summed E-state index contributed by atoms with van der Waals surface area (Å²) in [4.78, 5) is 2.18.